The van der Waals surface area contributed by atoms with Gasteiger partial charge in [-0.05, 0) is 78.8 Å². The highest BCUT2D eigenvalue weighted by Crippen LogP contribution is 2.28. The first kappa shape index (κ1) is 20.6. The van der Waals surface area contributed by atoms with E-state index in [0.29, 0.717) is 28.4 Å². The molecule has 0 atom stereocenters. The molecule has 0 aliphatic carbocycles. The van der Waals surface area contributed by atoms with Crippen molar-refractivity contribution in [2.45, 2.75) is 51.0 Å². The zero-order valence-electron chi connectivity index (χ0n) is 15.6. The second-order valence-corrected chi connectivity index (χ2v) is 8.74. The first-order chi connectivity index (χ1) is 13.0. The summed E-state index contributed by atoms with van der Waals surface area (Å²) in [5.74, 6) is -0.382. The molecule has 1 aromatic rings. The Morgan fingerprint density at radius 1 is 1.11 bits per heavy atom. The van der Waals surface area contributed by atoms with Gasteiger partial charge in [0, 0.05) is 30.0 Å². The molecule has 2 aliphatic rings. The van der Waals surface area contributed by atoms with E-state index < -0.39 is 5.91 Å². The van der Waals surface area contributed by atoms with Crippen molar-refractivity contribution in [2.75, 3.05) is 26.2 Å². The maximum Gasteiger partial charge on any atom is 0.250 e. The molecule has 2 saturated heterocycles. The molecular weight excluding hydrogens is 430 g/mol. The minimum atomic E-state index is -0.561. The molecule has 0 spiro atoms. The number of piperidine rings is 2. The number of nitrogens with two attached hydrogens (primary N) is 1. The van der Waals surface area contributed by atoms with Crippen molar-refractivity contribution in [3.8, 4) is 0 Å². The summed E-state index contributed by atoms with van der Waals surface area (Å²) in [6.45, 7) is 4.12. The van der Waals surface area contributed by atoms with Gasteiger partial charge in [-0.15, -0.1) is 0 Å². The van der Waals surface area contributed by atoms with Gasteiger partial charge in [0.1, 0.15) is 0 Å². The first-order valence-electron chi connectivity index (χ1n) is 9.75. The second-order valence-electron chi connectivity index (χ2n) is 7.51. The van der Waals surface area contributed by atoms with Gasteiger partial charge in [0.05, 0.1) is 10.6 Å². The van der Waals surface area contributed by atoms with Crippen LogP contribution >= 0.6 is 27.5 Å². The molecule has 1 aromatic carbocycles. The minimum absolute atomic E-state index is 0.179. The highest BCUT2D eigenvalue weighted by Gasteiger charge is 2.27. The third-order valence-corrected chi connectivity index (χ3v) is 6.97. The predicted octanol–water partition coefficient (Wildman–Crippen LogP) is 3.61. The average molecular weight is 457 g/mol. The van der Waals surface area contributed by atoms with Crippen molar-refractivity contribution in [3.63, 3.8) is 0 Å². The average Bonchev–Trinajstić information content (AvgIpc) is 2.69. The molecule has 0 unspecified atom stereocenters. The fraction of sp³-hybridized carbons (Fsp3) is 0.600. The molecule has 0 aromatic heterocycles. The van der Waals surface area contributed by atoms with E-state index in [4.69, 9.17) is 17.3 Å². The van der Waals surface area contributed by atoms with E-state index in [1.165, 1.54) is 32.4 Å². The number of benzene rings is 1. The van der Waals surface area contributed by atoms with Crippen LogP contribution < -0.4 is 5.73 Å². The smallest absolute Gasteiger partial charge is 0.250 e. The van der Waals surface area contributed by atoms with Gasteiger partial charge in [-0.2, -0.15) is 0 Å². The van der Waals surface area contributed by atoms with Gasteiger partial charge >= 0.3 is 0 Å². The van der Waals surface area contributed by atoms with Crippen molar-refractivity contribution >= 4 is 39.3 Å². The maximum atomic E-state index is 12.6. The zero-order valence-corrected chi connectivity index (χ0v) is 17.9. The van der Waals surface area contributed by atoms with Crippen LogP contribution in [0.1, 0.15) is 54.4 Å². The van der Waals surface area contributed by atoms with Gasteiger partial charge < -0.3 is 15.5 Å². The molecule has 2 heterocycles. The molecule has 148 valence electrons. The molecule has 0 radical (unpaired) electrons. The predicted molar refractivity (Wildman–Crippen MR) is 111 cm³/mol. The molecule has 2 fully saturated rings. The number of likely N-dealkylation sites (tertiary alicyclic amines) is 2. The number of halogens is 2. The Morgan fingerprint density at radius 2 is 1.78 bits per heavy atom. The van der Waals surface area contributed by atoms with Crippen LogP contribution in [-0.2, 0) is 11.2 Å². The van der Waals surface area contributed by atoms with Crippen LogP contribution in [0.25, 0.3) is 0 Å². The molecule has 0 bridgehead atoms. The Balaban J connectivity index is 1.51. The van der Waals surface area contributed by atoms with E-state index in [9.17, 15) is 9.59 Å². The van der Waals surface area contributed by atoms with E-state index in [1.54, 1.807) is 6.07 Å². The number of rotatable bonds is 5. The van der Waals surface area contributed by atoms with Crippen molar-refractivity contribution in [2.24, 2.45) is 5.73 Å². The largest absolute Gasteiger partial charge is 0.366 e. The summed E-state index contributed by atoms with van der Waals surface area (Å²) < 4.78 is 0.630. The number of primary amides is 1. The molecule has 27 heavy (non-hydrogen) atoms. The lowest BCUT2D eigenvalue weighted by Gasteiger charge is -2.40. The zero-order chi connectivity index (χ0) is 19.4. The van der Waals surface area contributed by atoms with Crippen LogP contribution in [0.3, 0.4) is 0 Å². The van der Waals surface area contributed by atoms with Gasteiger partial charge in [0.25, 0.3) is 0 Å². The Hall–Kier alpha value is -1.11. The number of hydrogen-bond donors (Lipinski definition) is 1. The van der Waals surface area contributed by atoms with Crippen molar-refractivity contribution in [3.05, 3.63) is 32.8 Å². The van der Waals surface area contributed by atoms with Gasteiger partial charge in [-0.1, -0.05) is 18.0 Å². The molecule has 2 aliphatic heterocycles. The third-order valence-electron chi connectivity index (χ3n) is 5.71. The lowest BCUT2D eigenvalue weighted by atomic mass is 9.99. The van der Waals surface area contributed by atoms with E-state index in [2.05, 4.69) is 20.8 Å². The monoisotopic (exact) mass is 455 g/mol. The summed E-state index contributed by atoms with van der Waals surface area (Å²) >= 11 is 9.45. The molecule has 2 amide bonds. The van der Waals surface area contributed by atoms with E-state index in [0.717, 1.165) is 31.5 Å². The molecule has 2 N–H and O–H groups in total. The Morgan fingerprint density at radius 3 is 2.41 bits per heavy atom. The number of hydrogen-bond acceptors (Lipinski definition) is 3. The van der Waals surface area contributed by atoms with Gasteiger partial charge in [0.15, 0.2) is 0 Å². The van der Waals surface area contributed by atoms with Gasteiger partial charge in [-0.3, -0.25) is 9.59 Å². The lowest BCUT2D eigenvalue weighted by molar-refractivity contribution is -0.132. The van der Waals surface area contributed by atoms with Crippen molar-refractivity contribution in [1.29, 1.82) is 0 Å². The number of nitrogens with zero attached hydrogens (tertiary/aromatic N) is 2. The van der Waals surface area contributed by atoms with Crippen molar-refractivity contribution in [1.82, 2.24) is 9.80 Å². The van der Waals surface area contributed by atoms with Gasteiger partial charge in [0.2, 0.25) is 11.8 Å². The fourth-order valence-electron chi connectivity index (χ4n) is 4.14. The molecule has 3 rings (SSSR count). The minimum Gasteiger partial charge on any atom is -0.366 e. The van der Waals surface area contributed by atoms with Crippen molar-refractivity contribution < 1.29 is 9.59 Å². The summed E-state index contributed by atoms with van der Waals surface area (Å²) in [7, 11) is 0. The number of carbonyl (C=O) groups is 2. The van der Waals surface area contributed by atoms with Gasteiger partial charge in [-0.25, -0.2) is 0 Å². The Labute approximate surface area is 174 Å². The summed E-state index contributed by atoms with van der Waals surface area (Å²) in [6, 6.07) is 4.18. The number of aryl methyl sites for hydroxylation is 1. The molecule has 5 nitrogen and oxygen atoms in total. The SMILES string of the molecule is NC(=O)c1cc(CCC(=O)N2CCC(N3CCCCC3)CC2)cc(Br)c1Cl. The lowest BCUT2D eigenvalue weighted by Crippen LogP contribution is -2.48. The summed E-state index contributed by atoms with van der Waals surface area (Å²) in [4.78, 5) is 28.7. The Bertz CT molecular complexity index is 699. The van der Waals surface area contributed by atoms with E-state index >= 15 is 0 Å². The van der Waals surface area contributed by atoms with Crippen LogP contribution in [-0.4, -0.2) is 53.8 Å². The summed E-state index contributed by atoms with van der Waals surface area (Å²) in [5.41, 5.74) is 6.55. The van der Waals surface area contributed by atoms with Crippen LogP contribution in [0.2, 0.25) is 5.02 Å². The topological polar surface area (TPSA) is 66.6 Å². The molecule has 0 saturated carbocycles. The summed E-state index contributed by atoms with van der Waals surface area (Å²) in [6.07, 6.45) is 7.12. The number of carbonyl (C=O) groups excluding carboxylic acids is 2. The van der Waals surface area contributed by atoms with Crippen LogP contribution in [0.5, 0.6) is 0 Å². The Kier molecular flexibility index (Phi) is 7.17. The van der Waals surface area contributed by atoms with E-state index in [-0.39, 0.29) is 11.5 Å². The molecule has 7 heteroatoms. The highest BCUT2D eigenvalue weighted by molar-refractivity contribution is 9.10. The first-order valence-corrected chi connectivity index (χ1v) is 10.9. The third kappa shape index (κ3) is 5.24. The number of amides is 2. The molecular formula is C20H27BrClN3O2. The summed E-state index contributed by atoms with van der Waals surface area (Å²) in [5, 5.41) is 0.317. The second kappa shape index (κ2) is 9.39. The van der Waals surface area contributed by atoms with Crippen LogP contribution in [0, 0.1) is 0 Å². The fourth-order valence-corrected chi connectivity index (χ4v) is 4.85. The standard InChI is InChI=1S/C20H27BrClN3O2/c21-17-13-14(12-16(19(17)22)20(23)27)4-5-18(26)25-10-6-15(7-11-25)24-8-2-1-3-9-24/h12-13,15H,1-11H2,(H2,23,27). The van der Waals surface area contributed by atoms with Crippen LogP contribution in [0.4, 0.5) is 0 Å². The highest BCUT2D eigenvalue weighted by atomic mass is 79.9. The van der Waals surface area contributed by atoms with Crippen LogP contribution in [0.15, 0.2) is 16.6 Å². The normalized spacial score (nSPS) is 19.3. The van der Waals surface area contributed by atoms with E-state index in [1.807, 2.05) is 11.0 Å². The quantitative estimate of drug-likeness (QED) is 0.736. The maximum absolute atomic E-state index is 12.6.